The monoisotopic (exact) mass is 264 g/mol. The van der Waals surface area contributed by atoms with E-state index in [1.165, 1.54) is 0 Å². The van der Waals surface area contributed by atoms with Crippen LogP contribution in [0.3, 0.4) is 0 Å². The highest BCUT2D eigenvalue weighted by atomic mass is 16.4. The van der Waals surface area contributed by atoms with Crippen molar-refractivity contribution in [3.63, 3.8) is 0 Å². The normalized spacial score (nSPS) is 10.3. The molecule has 5 heteroatoms. The Hall–Kier alpha value is -2.04. The van der Waals surface area contributed by atoms with Gasteiger partial charge in [0.1, 0.15) is 5.69 Å². The number of aromatic amines is 1. The lowest BCUT2D eigenvalue weighted by Crippen LogP contribution is -2.32. The molecule has 0 saturated carbocycles. The van der Waals surface area contributed by atoms with E-state index in [0.717, 1.165) is 6.42 Å². The number of aromatic nitrogens is 1. The Morgan fingerprint density at radius 2 is 2.05 bits per heavy atom. The number of rotatable bonds is 6. The predicted molar refractivity (Wildman–Crippen MR) is 73.6 cm³/mol. The number of amides is 1. The van der Waals surface area contributed by atoms with Crippen LogP contribution in [0.4, 0.5) is 0 Å². The summed E-state index contributed by atoms with van der Waals surface area (Å²) in [7, 11) is 0. The molecule has 5 nitrogen and oxygen atoms in total. The lowest BCUT2D eigenvalue weighted by Gasteiger charge is -2.20. The minimum atomic E-state index is -1.05. The summed E-state index contributed by atoms with van der Waals surface area (Å²) < 4.78 is 0. The van der Waals surface area contributed by atoms with Crippen LogP contribution >= 0.6 is 0 Å². The van der Waals surface area contributed by atoms with Crippen molar-refractivity contribution in [1.29, 1.82) is 0 Å². The third kappa shape index (κ3) is 3.05. The van der Waals surface area contributed by atoms with Gasteiger partial charge < -0.3 is 15.0 Å². The van der Waals surface area contributed by atoms with E-state index in [-0.39, 0.29) is 11.6 Å². The molecule has 1 amide bonds. The molecule has 0 unspecified atom stereocenters. The maximum Gasteiger partial charge on any atom is 0.352 e. The van der Waals surface area contributed by atoms with E-state index < -0.39 is 5.97 Å². The molecule has 0 atom stereocenters. The van der Waals surface area contributed by atoms with Gasteiger partial charge in [-0.3, -0.25) is 4.79 Å². The first kappa shape index (κ1) is 15.0. The van der Waals surface area contributed by atoms with Crippen molar-refractivity contribution in [3.8, 4) is 0 Å². The number of aromatic carboxylic acids is 1. The van der Waals surface area contributed by atoms with Crippen LogP contribution in [0.1, 0.15) is 45.4 Å². The summed E-state index contributed by atoms with van der Waals surface area (Å²) >= 11 is 0. The second-order valence-corrected chi connectivity index (χ2v) is 4.47. The molecule has 104 valence electrons. The Balaban J connectivity index is 3.17. The van der Waals surface area contributed by atoms with Crippen LogP contribution < -0.4 is 0 Å². The highest BCUT2D eigenvalue weighted by Crippen LogP contribution is 2.20. The molecule has 0 radical (unpaired) electrons. The summed E-state index contributed by atoms with van der Waals surface area (Å²) in [6, 6.07) is 0. The van der Waals surface area contributed by atoms with Crippen molar-refractivity contribution < 1.29 is 14.7 Å². The van der Waals surface area contributed by atoms with Crippen LogP contribution in [-0.4, -0.2) is 40.0 Å². The highest BCUT2D eigenvalue weighted by molar-refractivity contribution is 6.00. The van der Waals surface area contributed by atoms with Gasteiger partial charge in [-0.25, -0.2) is 4.79 Å². The molecular weight excluding hydrogens is 244 g/mol. The van der Waals surface area contributed by atoms with Gasteiger partial charge in [-0.05, 0) is 25.8 Å². The van der Waals surface area contributed by atoms with E-state index in [0.29, 0.717) is 29.9 Å². The number of H-pyrrole nitrogens is 1. The number of carboxylic acids is 1. The molecule has 1 rings (SSSR count). The first-order chi connectivity index (χ1) is 8.93. The second kappa shape index (κ2) is 6.22. The van der Waals surface area contributed by atoms with Crippen LogP contribution in [0, 0.1) is 13.8 Å². The number of hydrogen-bond acceptors (Lipinski definition) is 2. The molecule has 0 aliphatic carbocycles. The SMILES string of the molecule is C=CCN(CCC)C(=O)c1c(C)[nH]c(C(=O)O)c1C. The molecule has 0 aliphatic heterocycles. The largest absolute Gasteiger partial charge is 0.477 e. The van der Waals surface area contributed by atoms with Gasteiger partial charge in [-0.2, -0.15) is 0 Å². The molecular formula is C14H20N2O3. The topological polar surface area (TPSA) is 73.4 Å². The minimum absolute atomic E-state index is 0.0795. The third-order valence-electron chi connectivity index (χ3n) is 3.00. The number of carbonyl (C=O) groups is 2. The zero-order valence-electron chi connectivity index (χ0n) is 11.6. The fraction of sp³-hybridized carbons (Fsp3) is 0.429. The maximum absolute atomic E-state index is 12.5. The number of aryl methyl sites for hydroxylation is 1. The average molecular weight is 264 g/mol. The summed E-state index contributed by atoms with van der Waals surface area (Å²) in [5.74, 6) is -1.20. The number of carbonyl (C=O) groups excluding carboxylic acids is 1. The number of nitrogens with zero attached hydrogens (tertiary/aromatic N) is 1. The van der Waals surface area contributed by atoms with Crippen LogP contribution in [0.5, 0.6) is 0 Å². The van der Waals surface area contributed by atoms with Crippen LogP contribution in [0.2, 0.25) is 0 Å². The number of hydrogen-bond donors (Lipinski definition) is 2. The molecule has 0 bridgehead atoms. The Labute approximate surface area is 112 Å². The van der Waals surface area contributed by atoms with Gasteiger partial charge in [-0.1, -0.05) is 13.0 Å². The molecule has 19 heavy (non-hydrogen) atoms. The molecule has 1 heterocycles. The first-order valence-electron chi connectivity index (χ1n) is 6.26. The van der Waals surface area contributed by atoms with Crippen molar-refractivity contribution >= 4 is 11.9 Å². The molecule has 1 aromatic heterocycles. The van der Waals surface area contributed by atoms with Crippen molar-refractivity contribution in [1.82, 2.24) is 9.88 Å². The maximum atomic E-state index is 12.5. The van der Waals surface area contributed by atoms with Crippen molar-refractivity contribution in [3.05, 3.63) is 35.2 Å². The first-order valence-corrected chi connectivity index (χ1v) is 6.26. The molecule has 2 N–H and O–H groups in total. The predicted octanol–water partition coefficient (Wildman–Crippen LogP) is 2.37. The summed E-state index contributed by atoms with van der Waals surface area (Å²) in [5.41, 5.74) is 1.61. The lowest BCUT2D eigenvalue weighted by atomic mass is 10.1. The van der Waals surface area contributed by atoms with Gasteiger partial charge in [0.15, 0.2) is 0 Å². The number of nitrogens with one attached hydrogen (secondary N) is 1. The quantitative estimate of drug-likeness (QED) is 0.775. The number of carboxylic acid groups (broad SMARTS) is 1. The Kier molecular flexibility index (Phi) is 4.92. The van der Waals surface area contributed by atoms with Gasteiger partial charge in [-0.15, -0.1) is 6.58 Å². The van der Waals surface area contributed by atoms with Gasteiger partial charge in [0.05, 0.1) is 5.56 Å². The smallest absolute Gasteiger partial charge is 0.352 e. The molecule has 0 aromatic carbocycles. The average Bonchev–Trinajstić information content (AvgIpc) is 2.64. The van der Waals surface area contributed by atoms with E-state index in [9.17, 15) is 9.59 Å². The van der Waals surface area contributed by atoms with E-state index in [4.69, 9.17) is 5.11 Å². The molecule has 0 aliphatic rings. The van der Waals surface area contributed by atoms with Crippen molar-refractivity contribution in [2.24, 2.45) is 0 Å². The van der Waals surface area contributed by atoms with Crippen molar-refractivity contribution in [2.75, 3.05) is 13.1 Å². The molecule has 0 spiro atoms. The summed E-state index contributed by atoms with van der Waals surface area (Å²) in [6.45, 7) is 10.1. The van der Waals surface area contributed by atoms with Crippen LogP contribution in [0.15, 0.2) is 12.7 Å². The van der Waals surface area contributed by atoms with E-state index in [1.54, 1.807) is 24.8 Å². The zero-order chi connectivity index (χ0) is 14.6. The molecule has 0 saturated heterocycles. The van der Waals surface area contributed by atoms with Crippen LogP contribution in [0.25, 0.3) is 0 Å². The second-order valence-electron chi connectivity index (χ2n) is 4.47. The van der Waals surface area contributed by atoms with Crippen molar-refractivity contribution in [2.45, 2.75) is 27.2 Å². The Morgan fingerprint density at radius 3 is 2.47 bits per heavy atom. The van der Waals surface area contributed by atoms with Gasteiger partial charge in [0.25, 0.3) is 5.91 Å². The lowest BCUT2D eigenvalue weighted by molar-refractivity contribution is 0.0690. The van der Waals surface area contributed by atoms with Crippen LogP contribution in [-0.2, 0) is 0 Å². The standard InChI is InChI=1S/C14H20N2O3/c1-5-7-16(8-6-2)13(17)11-9(3)12(14(18)19)15-10(11)4/h5,15H,1,6-8H2,2-4H3,(H,18,19). The fourth-order valence-corrected chi connectivity index (χ4v) is 2.14. The summed E-state index contributed by atoms with van der Waals surface area (Å²) in [4.78, 5) is 28.0. The minimum Gasteiger partial charge on any atom is -0.477 e. The molecule has 1 aromatic rings. The van der Waals surface area contributed by atoms with E-state index in [2.05, 4.69) is 11.6 Å². The third-order valence-corrected chi connectivity index (χ3v) is 3.00. The summed E-state index contributed by atoms with van der Waals surface area (Å²) in [6.07, 6.45) is 2.51. The van der Waals surface area contributed by atoms with Gasteiger partial charge in [0.2, 0.25) is 0 Å². The molecule has 0 fully saturated rings. The summed E-state index contributed by atoms with van der Waals surface area (Å²) in [5, 5.41) is 9.06. The van der Waals surface area contributed by atoms with Gasteiger partial charge in [0, 0.05) is 18.8 Å². The van der Waals surface area contributed by atoms with Gasteiger partial charge >= 0.3 is 5.97 Å². The van der Waals surface area contributed by atoms with E-state index >= 15 is 0 Å². The Morgan fingerprint density at radius 1 is 1.42 bits per heavy atom. The van der Waals surface area contributed by atoms with E-state index in [1.807, 2.05) is 6.92 Å². The highest BCUT2D eigenvalue weighted by Gasteiger charge is 2.24. The fourth-order valence-electron chi connectivity index (χ4n) is 2.14. The zero-order valence-corrected chi connectivity index (χ0v) is 11.6. The Bertz CT molecular complexity index is 503.